The Labute approximate surface area is 335 Å². The summed E-state index contributed by atoms with van der Waals surface area (Å²) >= 11 is 0. The fourth-order valence-corrected chi connectivity index (χ4v) is 8.87. The number of ether oxygens (including phenoxy) is 1. The predicted octanol–water partition coefficient (Wildman–Crippen LogP) is 15.3. The standard InChI is InChI=1S/C54H34N2O2/c1-3-11-35(12-4-1)37-21-26-40(27-22-37)55(42-30-32-45-44-31-25-39(36-13-5-2-6-14-36)33-51(44)58-52(45)34-42)41-28-23-38(24-29-41)43-15-9-16-46-47-17-10-20-50-54(47)56(53(43)46)48-18-7-8-19-49(48)57-50/h1-34H. The van der Waals surface area contributed by atoms with E-state index in [1.54, 1.807) is 0 Å². The highest BCUT2D eigenvalue weighted by Gasteiger charge is 2.25. The van der Waals surface area contributed by atoms with Gasteiger partial charge in [0.05, 0.1) is 16.7 Å². The molecule has 0 saturated carbocycles. The van der Waals surface area contributed by atoms with Gasteiger partial charge in [0.2, 0.25) is 0 Å². The summed E-state index contributed by atoms with van der Waals surface area (Å²) in [6.45, 7) is 0. The van der Waals surface area contributed by atoms with Crippen molar-refractivity contribution in [3.63, 3.8) is 0 Å². The van der Waals surface area contributed by atoms with Crippen LogP contribution in [0.3, 0.4) is 0 Å². The van der Waals surface area contributed by atoms with Crippen LogP contribution in [-0.2, 0) is 0 Å². The average Bonchev–Trinajstić information content (AvgIpc) is 3.84. The SMILES string of the molecule is c1ccc(-c2ccc(N(c3ccc(-c4cccc5c6cccc7c6n(c45)-c4ccccc4O7)cc3)c3ccc4c(c3)oc3cc(-c5ccccc5)ccc34)cc2)cc1. The van der Waals surface area contributed by atoms with Crippen molar-refractivity contribution in [2.75, 3.05) is 4.90 Å². The van der Waals surface area contributed by atoms with Gasteiger partial charge in [-0.15, -0.1) is 0 Å². The molecule has 0 radical (unpaired) electrons. The molecule has 0 N–H and O–H groups in total. The summed E-state index contributed by atoms with van der Waals surface area (Å²) in [6.07, 6.45) is 0. The van der Waals surface area contributed by atoms with E-state index in [-0.39, 0.29) is 0 Å². The molecule has 0 amide bonds. The van der Waals surface area contributed by atoms with Crippen LogP contribution in [0.15, 0.2) is 211 Å². The fraction of sp³-hybridized carbons (Fsp3) is 0. The molecule has 1 aliphatic rings. The van der Waals surface area contributed by atoms with Crippen molar-refractivity contribution < 1.29 is 9.15 Å². The van der Waals surface area contributed by atoms with Crippen LogP contribution in [0.25, 0.3) is 82.8 Å². The quantitative estimate of drug-likeness (QED) is 0.170. The van der Waals surface area contributed by atoms with Crippen molar-refractivity contribution in [3.8, 4) is 50.6 Å². The second-order valence-corrected chi connectivity index (χ2v) is 14.9. The Morgan fingerprint density at radius 2 is 0.879 bits per heavy atom. The van der Waals surface area contributed by atoms with Crippen LogP contribution < -0.4 is 9.64 Å². The maximum absolute atomic E-state index is 6.62. The Hall–Kier alpha value is -7.82. The monoisotopic (exact) mass is 742 g/mol. The van der Waals surface area contributed by atoms with Crippen LogP contribution >= 0.6 is 0 Å². The molecule has 0 bridgehead atoms. The van der Waals surface area contributed by atoms with E-state index in [1.165, 1.54) is 38.5 Å². The van der Waals surface area contributed by atoms with Gasteiger partial charge in [-0.2, -0.15) is 0 Å². The number of para-hydroxylation sites is 4. The van der Waals surface area contributed by atoms with Crippen molar-refractivity contribution >= 4 is 60.8 Å². The third-order valence-electron chi connectivity index (χ3n) is 11.6. The second kappa shape index (κ2) is 12.9. The minimum Gasteiger partial charge on any atom is -0.456 e. The van der Waals surface area contributed by atoms with Gasteiger partial charge in [-0.25, -0.2) is 0 Å². The number of hydrogen-bond donors (Lipinski definition) is 0. The number of aromatic nitrogens is 1. The van der Waals surface area contributed by atoms with Gasteiger partial charge in [-0.1, -0.05) is 133 Å². The van der Waals surface area contributed by atoms with Crippen LogP contribution in [-0.4, -0.2) is 4.57 Å². The van der Waals surface area contributed by atoms with Gasteiger partial charge in [0, 0.05) is 50.2 Å². The average molecular weight is 743 g/mol. The number of hydrogen-bond acceptors (Lipinski definition) is 3. The van der Waals surface area contributed by atoms with Crippen LogP contribution in [0.5, 0.6) is 11.5 Å². The number of furan rings is 1. The van der Waals surface area contributed by atoms with Gasteiger partial charge < -0.3 is 18.6 Å². The lowest BCUT2D eigenvalue weighted by molar-refractivity contribution is 0.476. The number of anilines is 3. The molecule has 2 aromatic heterocycles. The molecule has 0 aliphatic carbocycles. The minimum absolute atomic E-state index is 0.852. The lowest BCUT2D eigenvalue weighted by Gasteiger charge is -2.26. The third kappa shape index (κ3) is 5.09. The number of nitrogens with zero attached hydrogens (tertiary/aromatic N) is 2. The zero-order valence-electron chi connectivity index (χ0n) is 31.3. The summed E-state index contributed by atoms with van der Waals surface area (Å²) in [5, 5.41) is 4.59. The summed E-state index contributed by atoms with van der Waals surface area (Å²) in [5.41, 5.74) is 15.2. The number of benzene rings is 9. The molecule has 1 aliphatic heterocycles. The van der Waals surface area contributed by atoms with E-state index in [4.69, 9.17) is 9.15 Å². The Bertz CT molecular complexity index is 3340. The molecule has 0 spiro atoms. The topological polar surface area (TPSA) is 30.5 Å². The van der Waals surface area contributed by atoms with Crippen molar-refractivity contribution in [3.05, 3.63) is 206 Å². The molecule has 58 heavy (non-hydrogen) atoms. The Kier molecular flexibility index (Phi) is 7.20. The zero-order valence-corrected chi connectivity index (χ0v) is 31.3. The summed E-state index contributed by atoms with van der Waals surface area (Å²) in [6, 6.07) is 73.1. The van der Waals surface area contributed by atoms with Crippen LogP contribution in [0.4, 0.5) is 17.1 Å². The molecule has 9 aromatic carbocycles. The van der Waals surface area contributed by atoms with Gasteiger partial charge >= 0.3 is 0 Å². The molecule has 3 heterocycles. The lowest BCUT2D eigenvalue weighted by atomic mass is 10.0. The molecule has 4 nitrogen and oxygen atoms in total. The first-order valence-electron chi connectivity index (χ1n) is 19.7. The first-order chi connectivity index (χ1) is 28.7. The summed E-state index contributed by atoms with van der Waals surface area (Å²) < 4.78 is 15.4. The van der Waals surface area contributed by atoms with Crippen LogP contribution in [0.2, 0.25) is 0 Å². The van der Waals surface area contributed by atoms with Gasteiger partial charge in [0.15, 0.2) is 11.5 Å². The van der Waals surface area contributed by atoms with Crippen molar-refractivity contribution in [1.82, 2.24) is 4.57 Å². The molecule has 12 rings (SSSR count). The van der Waals surface area contributed by atoms with Crippen LogP contribution in [0.1, 0.15) is 0 Å². The van der Waals surface area contributed by atoms with E-state index < -0.39 is 0 Å². The fourth-order valence-electron chi connectivity index (χ4n) is 8.87. The minimum atomic E-state index is 0.852. The van der Waals surface area contributed by atoms with Crippen LogP contribution in [0, 0.1) is 0 Å². The molecule has 0 saturated heterocycles. The summed E-state index contributed by atoms with van der Waals surface area (Å²) in [5.74, 6) is 1.73. The van der Waals surface area contributed by atoms with Gasteiger partial charge in [-0.3, -0.25) is 0 Å². The largest absolute Gasteiger partial charge is 0.456 e. The molecule has 11 aromatic rings. The smallest absolute Gasteiger partial charge is 0.152 e. The maximum atomic E-state index is 6.62. The van der Waals surface area contributed by atoms with Gasteiger partial charge in [0.1, 0.15) is 11.2 Å². The molecule has 0 atom stereocenters. The first kappa shape index (κ1) is 32.4. The lowest BCUT2D eigenvalue weighted by Crippen LogP contribution is -2.09. The first-order valence-corrected chi connectivity index (χ1v) is 19.7. The van der Waals surface area contributed by atoms with Crippen molar-refractivity contribution in [1.29, 1.82) is 0 Å². The summed E-state index contributed by atoms with van der Waals surface area (Å²) in [4.78, 5) is 2.32. The molecule has 272 valence electrons. The number of rotatable bonds is 6. The second-order valence-electron chi connectivity index (χ2n) is 14.9. The molecular formula is C54H34N2O2. The molecular weight excluding hydrogens is 709 g/mol. The highest BCUT2D eigenvalue weighted by molar-refractivity contribution is 6.16. The Balaban J connectivity index is 0.992. The maximum Gasteiger partial charge on any atom is 0.152 e. The van der Waals surface area contributed by atoms with E-state index in [9.17, 15) is 0 Å². The zero-order chi connectivity index (χ0) is 38.2. The Morgan fingerprint density at radius 3 is 1.62 bits per heavy atom. The van der Waals surface area contributed by atoms with E-state index in [0.717, 1.165) is 72.8 Å². The highest BCUT2D eigenvalue weighted by atomic mass is 16.5. The van der Waals surface area contributed by atoms with Gasteiger partial charge in [0.25, 0.3) is 0 Å². The van der Waals surface area contributed by atoms with Crippen molar-refractivity contribution in [2.24, 2.45) is 0 Å². The third-order valence-corrected chi connectivity index (χ3v) is 11.6. The highest BCUT2D eigenvalue weighted by Crippen LogP contribution is 2.48. The molecule has 4 heteroatoms. The normalized spacial score (nSPS) is 11.9. The van der Waals surface area contributed by atoms with E-state index in [0.29, 0.717) is 0 Å². The number of fused-ring (bicyclic) bond motifs is 8. The Morgan fingerprint density at radius 1 is 0.345 bits per heavy atom. The van der Waals surface area contributed by atoms with E-state index >= 15 is 0 Å². The summed E-state index contributed by atoms with van der Waals surface area (Å²) in [7, 11) is 0. The molecule has 0 fully saturated rings. The van der Waals surface area contributed by atoms with E-state index in [1.807, 2.05) is 18.2 Å². The molecule has 0 unspecified atom stereocenters. The van der Waals surface area contributed by atoms with Gasteiger partial charge in [-0.05, 0) is 94.5 Å². The van der Waals surface area contributed by atoms with E-state index in [2.05, 4.69) is 198 Å². The van der Waals surface area contributed by atoms with Crippen molar-refractivity contribution in [2.45, 2.75) is 0 Å². The predicted molar refractivity (Wildman–Crippen MR) is 239 cm³/mol.